The minimum Gasteiger partial charge on any atom is -0.436 e. The van der Waals surface area contributed by atoms with E-state index < -0.39 is 0 Å². The molecule has 0 aromatic rings. The summed E-state index contributed by atoms with van der Waals surface area (Å²) in [7, 11) is 0. The van der Waals surface area contributed by atoms with E-state index in [1.807, 2.05) is 0 Å². The molecule has 2 nitrogen and oxygen atoms in total. The van der Waals surface area contributed by atoms with Gasteiger partial charge in [-0.2, -0.15) is 0 Å². The van der Waals surface area contributed by atoms with Crippen LogP contribution < -0.4 is 0 Å². The van der Waals surface area contributed by atoms with Crippen molar-refractivity contribution < 1.29 is 9.31 Å². The first-order valence-corrected chi connectivity index (χ1v) is 7.87. The Labute approximate surface area is 128 Å². The molecule has 0 saturated carbocycles. The van der Waals surface area contributed by atoms with Crippen molar-refractivity contribution in [1.82, 2.24) is 0 Å². The minimum atomic E-state index is -0.185. The van der Waals surface area contributed by atoms with Crippen molar-refractivity contribution in [2.75, 3.05) is 0 Å². The number of rotatable bonds is 5. The molecular formula is C16H36B2O2. The van der Waals surface area contributed by atoms with Crippen molar-refractivity contribution in [2.45, 2.75) is 94.1 Å². The van der Waals surface area contributed by atoms with E-state index in [0.29, 0.717) is 0 Å². The van der Waals surface area contributed by atoms with Gasteiger partial charge in [-0.3, -0.25) is 0 Å². The van der Waals surface area contributed by atoms with E-state index in [2.05, 4.69) is 82.9 Å². The van der Waals surface area contributed by atoms with Gasteiger partial charge in [0.25, 0.3) is 13.6 Å². The maximum absolute atomic E-state index is 6.30. The van der Waals surface area contributed by atoms with Crippen LogP contribution in [0.15, 0.2) is 0 Å². The molecule has 0 radical (unpaired) electrons. The predicted octanol–water partition coefficient (Wildman–Crippen LogP) is 4.99. The summed E-state index contributed by atoms with van der Waals surface area (Å²) in [6, 6.07) is 0. The molecule has 0 aliphatic carbocycles. The first-order valence-electron chi connectivity index (χ1n) is 7.87. The largest absolute Gasteiger partial charge is 0.436 e. The smallest absolute Gasteiger partial charge is 0.289 e. The van der Waals surface area contributed by atoms with Gasteiger partial charge in [-0.05, 0) is 38.5 Å². The third kappa shape index (κ3) is 5.11. The Bertz CT molecular complexity index is 279. The van der Waals surface area contributed by atoms with Gasteiger partial charge in [-0.15, -0.1) is 0 Å². The van der Waals surface area contributed by atoms with E-state index in [1.165, 1.54) is 0 Å². The van der Waals surface area contributed by atoms with Crippen LogP contribution in [0.2, 0.25) is 13.6 Å². The van der Waals surface area contributed by atoms with Crippen molar-refractivity contribution in [1.29, 1.82) is 0 Å². The second-order valence-electron chi connectivity index (χ2n) is 9.17. The zero-order chi connectivity index (χ0) is 16.6. The minimum absolute atomic E-state index is 0.0610. The molecule has 0 aliphatic heterocycles. The summed E-state index contributed by atoms with van der Waals surface area (Å²) in [6.45, 7) is 26.2. The van der Waals surface area contributed by atoms with Crippen LogP contribution in [-0.4, -0.2) is 24.8 Å². The predicted molar refractivity (Wildman–Crippen MR) is 92.5 cm³/mol. The van der Waals surface area contributed by atoms with Crippen LogP contribution >= 0.6 is 0 Å². The van der Waals surface area contributed by atoms with E-state index in [1.54, 1.807) is 0 Å². The molecule has 0 aromatic heterocycles. The molecule has 0 atom stereocenters. The van der Waals surface area contributed by atoms with Gasteiger partial charge in [0.05, 0.1) is 0 Å². The SMILES string of the molecule is CB(OC(C)(C)C(C)(C)C)B(C)OC(C)(C)C(C)(C)C. The fraction of sp³-hybridized carbons (Fsp3) is 1.00. The fourth-order valence-electron chi connectivity index (χ4n) is 1.47. The summed E-state index contributed by atoms with van der Waals surface area (Å²) in [5, 5.41) is 0. The molecular weight excluding hydrogens is 246 g/mol. The number of hydrogen-bond acceptors (Lipinski definition) is 2. The Hall–Kier alpha value is 0.0499. The van der Waals surface area contributed by atoms with Crippen molar-refractivity contribution in [2.24, 2.45) is 10.8 Å². The van der Waals surface area contributed by atoms with E-state index in [-0.39, 0.29) is 35.6 Å². The lowest BCUT2D eigenvalue weighted by atomic mass is 9.28. The normalized spacial score (nSPS) is 14.4. The van der Waals surface area contributed by atoms with Gasteiger partial charge in [0, 0.05) is 11.2 Å². The average molecular weight is 282 g/mol. The Kier molecular flexibility index (Phi) is 6.06. The van der Waals surface area contributed by atoms with Crippen LogP contribution in [0.25, 0.3) is 0 Å². The lowest BCUT2D eigenvalue weighted by molar-refractivity contribution is -0.0111. The fourth-order valence-corrected chi connectivity index (χ4v) is 1.47. The molecule has 118 valence electrons. The quantitative estimate of drug-likeness (QED) is 0.661. The van der Waals surface area contributed by atoms with Crippen LogP contribution in [0.1, 0.15) is 69.2 Å². The summed E-state index contributed by atoms with van der Waals surface area (Å²) < 4.78 is 12.6. The highest BCUT2D eigenvalue weighted by Crippen LogP contribution is 2.36. The summed E-state index contributed by atoms with van der Waals surface area (Å²) in [4.78, 5) is 0. The van der Waals surface area contributed by atoms with E-state index >= 15 is 0 Å². The van der Waals surface area contributed by atoms with Crippen LogP contribution in [-0.2, 0) is 9.31 Å². The Morgan fingerprint density at radius 2 is 0.700 bits per heavy atom. The molecule has 0 heterocycles. The maximum Gasteiger partial charge on any atom is 0.289 e. The van der Waals surface area contributed by atoms with Gasteiger partial charge in [0.1, 0.15) is 0 Å². The van der Waals surface area contributed by atoms with Crippen molar-refractivity contribution in [3.63, 3.8) is 0 Å². The van der Waals surface area contributed by atoms with Crippen molar-refractivity contribution in [3.8, 4) is 0 Å². The zero-order valence-electron chi connectivity index (χ0n) is 16.0. The molecule has 0 unspecified atom stereocenters. The molecule has 0 fully saturated rings. The summed E-state index contributed by atoms with van der Waals surface area (Å²) in [6.07, 6.45) is 0. The molecule has 0 N–H and O–H groups in total. The van der Waals surface area contributed by atoms with Gasteiger partial charge < -0.3 is 9.31 Å². The lowest BCUT2D eigenvalue weighted by Crippen LogP contribution is -2.52. The Balaban J connectivity index is 4.78. The second-order valence-corrected chi connectivity index (χ2v) is 9.17. The lowest BCUT2D eigenvalue weighted by Gasteiger charge is -2.44. The molecule has 0 amide bonds. The van der Waals surface area contributed by atoms with Gasteiger partial charge in [-0.1, -0.05) is 55.2 Å². The third-order valence-corrected chi connectivity index (χ3v) is 5.23. The number of hydrogen-bond donors (Lipinski definition) is 0. The third-order valence-electron chi connectivity index (χ3n) is 5.23. The molecule has 0 aromatic carbocycles. The molecule has 0 bridgehead atoms. The standard InChI is InChI=1S/C16H36B2O2/c1-13(2,3)15(7,8)19-17(11)18(12)20-16(9,10)14(4,5)6/h1-12H3. The van der Waals surface area contributed by atoms with Crippen molar-refractivity contribution >= 4 is 13.6 Å². The highest BCUT2D eigenvalue weighted by Gasteiger charge is 2.42. The monoisotopic (exact) mass is 282 g/mol. The average Bonchev–Trinajstić information content (AvgIpc) is 2.12. The molecule has 0 aliphatic rings. The first kappa shape index (κ1) is 20.0. The molecule has 20 heavy (non-hydrogen) atoms. The van der Waals surface area contributed by atoms with E-state index in [9.17, 15) is 0 Å². The highest BCUT2D eigenvalue weighted by atomic mass is 16.5. The molecule has 0 spiro atoms. The summed E-state index contributed by atoms with van der Waals surface area (Å²) in [5.41, 5.74) is -0.174. The zero-order valence-corrected chi connectivity index (χ0v) is 16.0. The Morgan fingerprint density at radius 3 is 0.850 bits per heavy atom. The van der Waals surface area contributed by atoms with E-state index in [4.69, 9.17) is 9.31 Å². The summed E-state index contributed by atoms with van der Waals surface area (Å²) in [5.74, 6) is 0. The van der Waals surface area contributed by atoms with E-state index in [0.717, 1.165) is 0 Å². The van der Waals surface area contributed by atoms with Crippen LogP contribution in [0, 0.1) is 10.8 Å². The van der Waals surface area contributed by atoms with Crippen LogP contribution in [0.3, 0.4) is 0 Å². The van der Waals surface area contributed by atoms with Gasteiger partial charge >= 0.3 is 0 Å². The Morgan fingerprint density at radius 1 is 0.500 bits per heavy atom. The highest BCUT2D eigenvalue weighted by molar-refractivity contribution is 7.15. The molecule has 0 rings (SSSR count). The van der Waals surface area contributed by atoms with Gasteiger partial charge in [0.2, 0.25) is 0 Å². The molecule has 0 saturated heterocycles. The van der Waals surface area contributed by atoms with Crippen LogP contribution in [0.4, 0.5) is 0 Å². The molecule has 4 heteroatoms. The first-order chi connectivity index (χ1) is 8.51. The van der Waals surface area contributed by atoms with Gasteiger partial charge in [0.15, 0.2) is 0 Å². The van der Waals surface area contributed by atoms with Gasteiger partial charge in [-0.25, -0.2) is 0 Å². The maximum atomic E-state index is 6.30. The van der Waals surface area contributed by atoms with Crippen molar-refractivity contribution in [3.05, 3.63) is 0 Å². The second kappa shape index (κ2) is 6.04. The summed E-state index contributed by atoms with van der Waals surface area (Å²) >= 11 is 0. The topological polar surface area (TPSA) is 18.5 Å². The van der Waals surface area contributed by atoms with Crippen LogP contribution in [0.5, 0.6) is 0 Å².